The van der Waals surface area contributed by atoms with Crippen LogP contribution in [0.15, 0.2) is 90.0 Å². The zero-order chi connectivity index (χ0) is 21.2. The average Bonchev–Trinajstić information content (AvgIpc) is 3.23. The number of hydrogen-bond donors (Lipinski definition) is 2. The Kier molecular flexibility index (Phi) is 4.76. The van der Waals surface area contributed by atoms with Crippen LogP contribution >= 0.6 is 0 Å². The van der Waals surface area contributed by atoms with Crippen LogP contribution in [0, 0.1) is 6.92 Å². The van der Waals surface area contributed by atoms with Crippen LogP contribution < -0.4 is 10.9 Å². The molecule has 2 aromatic carbocycles. The van der Waals surface area contributed by atoms with E-state index in [4.69, 9.17) is 4.98 Å². The number of fused-ring (bicyclic) bond motifs is 1. The highest BCUT2D eigenvalue weighted by atomic mass is 16.1. The van der Waals surface area contributed by atoms with Crippen LogP contribution in [0.1, 0.15) is 22.9 Å². The number of pyridine rings is 1. The first kappa shape index (κ1) is 18.7. The van der Waals surface area contributed by atoms with Gasteiger partial charge >= 0.3 is 0 Å². The summed E-state index contributed by atoms with van der Waals surface area (Å²) in [5.74, 6) is 0.354. The molecule has 7 heteroatoms. The number of rotatable bonds is 5. The van der Waals surface area contributed by atoms with Gasteiger partial charge in [-0.2, -0.15) is 10.1 Å². The normalized spacial score (nSPS) is 12.0. The number of aromatic nitrogens is 5. The van der Waals surface area contributed by atoms with E-state index in [0.29, 0.717) is 17.0 Å². The van der Waals surface area contributed by atoms with E-state index < -0.39 is 0 Å². The lowest BCUT2D eigenvalue weighted by molar-refractivity contribution is 0.856. The highest BCUT2D eigenvalue weighted by Gasteiger charge is 2.18. The molecule has 0 aliphatic rings. The number of nitrogens with one attached hydrogen (secondary N) is 2. The van der Waals surface area contributed by atoms with Crippen molar-refractivity contribution < 1.29 is 0 Å². The Balaban J connectivity index is 1.61. The Hall–Kier alpha value is -4.26. The number of nitrogens with zero attached hydrogens (tertiary/aromatic N) is 4. The van der Waals surface area contributed by atoms with E-state index in [1.165, 1.54) is 6.20 Å². The second kappa shape index (κ2) is 7.87. The minimum absolute atomic E-state index is 0.251. The smallest absolute Gasteiger partial charge is 0.263 e. The topological polar surface area (TPSA) is 88.5 Å². The van der Waals surface area contributed by atoms with Gasteiger partial charge in [0, 0.05) is 6.20 Å². The Morgan fingerprint density at radius 1 is 1.00 bits per heavy atom. The summed E-state index contributed by atoms with van der Waals surface area (Å²) < 4.78 is 1.66. The van der Waals surface area contributed by atoms with Gasteiger partial charge in [0.1, 0.15) is 5.39 Å². The van der Waals surface area contributed by atoms with Crippen LogP contribution in [0.2, 0.25) is 0 Å². The highest BCUT2D eigenvalue weighted by Crippen LogP contribution is 2.25. The van der Waals surface area contributed by atoms with E-state index in [-0.39, 0.29) is 11.6 Å². The molecule has 7 nitrogen and oxygen atoms in total. The predicted octanol–water partition coefficient (Wildman–Crippen LogP) is 4.01. The van der Waals surface area contributed by atoms with Crippen molar-refractivity contribution in [2.45, 2.75) is 13.0 Å². The number of aromatic amines is 1. The lowest BCUT2D eigenvalue weighted by atomic mass is 10.0. The first-order valence-corrected chi connectivity index (χ1v) is 9.96. The second-order valence-electron chi connectivity index (χ2n) is 7.29. The Morgan fingerprint density at radius 2 is 1.84 bits per heavy atom. The van der Waals surface area contributed by atoms with E-state index in [0.717, 1.165) is 22.5 Å². The number of H-pyrrole nitrogens is 1. The van der Waals surface area contributed by atoms with Crippen LogP contribution in [0.5, 0.6) is 0 Å². The van der Waals surface area contributed by atoms with Crippen molar-refractivity contribution in [2.75, 3.05) is 5.32 Å². The van der Waals surface area contributed by atoms with Crippen LogP contribution in [-0.2, 0) is 0 Å². The molecular formula is C24H20N6O. The molecule has 152 valence electrons. The molecule has 0 aliphatic heterocycles. The van der Waals surface area contributed by atoms with Gasteiger partial charge < -0.3 is 5.32 Å². The van der Waals surface area contributed by atoms with Gasteiger partial charge in [0.15, 0.2) is 5.65 Å². The van der Waals surface area contributed by atoms with Crippen molar-refractivity contribution >= 4 is 17.0 Å². The molecular weight excluding hydrogens is 388 g/mol. The quantitative estimate of drug-likeness (QED) is 0.459. The maximum Gasteiger partial charge on any atom is 0.263 e. The fourth-order valence-corrected chi connectivity index (χ4v) is 3.61. The molecule has 0 aliphatic carbocycles. The summed E-state index contributed by atoms with van der Waals surface area (Å²) in [6, 6.07) is 23.3. The lowest BCUT2D eigenvalue weighted by Gasteiger charge is -2.19. The minimum Gasteiger partial charge on any atom is -0.343 e. The molecule has 0 radical (unpaired) electrons. The molecule has 0 saturated carbocycles. The zero-order valence-electron chi connectivity index (χ0n) is 16.9. The molecule has 0 fully saturated rings. The van der Waals surface area contributed by atoms with Gasteiger partial charge in [-0.15, -0.1) is 0 Å². The lowest BCUT2D eigenvalue weighted by Crippen LogP contribution is -2.19. The SMILES string of the molecule is Cc1cccc(C(Nc2nc3c(cnn3-c3ccccc3)c(=O)[nH]2)c2ccccn2)c1. The van der Waals surface area contributed by atoms with Gasteiger partial charge in [-0.1, -0.05) is 54.1 Å². The predicted molar refractivity (Wildman–Crippen MR) is 120 cm³/mol. The van der Waals surface area contributed by atoms with Crippen LogP contribution in [0.4, 0.5) is 5.95 Å². The fourth-order valence-electron chi connectivity index (χ4n) is 3.61. The van der Waals surface area contributed by atoms with Crippen LogP contribution in [0.3, 0.4) is 0 Å². The summed E-state index contributed by atoms with van der Waals surface area (Å²) in [6.45, 7) is 2.05. The molecule has 0 bridgehead atoms. The maximum atomic E-state index is 12.7. The Labute approximate surface area is 178 Å². The number of aryl methyl sites for hydroxylation is 1. The molecule has 0 saturated heterocycles. The second-order valence-corrected chi connectivity index (χ2v) is 7.29. The van der Waals surface area contributed by atoms with Gasteiger partial charge in [-0.25, -0.2) is 4.68 Å². The van der Waals surface area contributed by atoms with Gasteiger partial charge in [0.25, 0.3) is 5.56 Å². The third-order valence-electron chi connectivity index (χ3n) is 5.08. The molecule has 31 heavy (non-hydrogen) atoms. The van der Waals surface area contributed by atoms with Crippen molar-refractivity contribution in [2.24, 2.45) is 0 Å². The molecule has 1 atom stereocenters. The molecule has 3 aromatic heterocycles. The van der Waals surface area contributed by atoms with E-state index >= 15 is 0 Å². The maximum absolute atomic E-state index is 12.7. The highest BCUT2D eigenvalue weighted by molar-refractivity contribution is 5.76. The van der Waals surface area contributed by atoms with Crippen molar-refractivity contribution in [3.8, 4) is 5.69 Å². The van der Waals surface area contributed by atoms with Gasteiger partial charge in [-0.05, 0) is 36.8 Å². The Morgan fingerprint density at radius 3 is 2.61 bits per heavy atom. The van der Waals surface area contributed by atoms with Gasteiger partial charge in [0.05, 0.1) is 23.6 Å². The minimum atomic E-state index is -0.283. The molecule has 1 unspecified atom stereocenters. The zero-order valence-corrected chi connectivity index (χ0v) is 16.9. The van der Waals surface area contributed by atoms with E-state index in [1.54, 1.807) is 10.9 Å². The van der Waals surface area contributed by atoms with Crippen molar-refractivity contribution in [3.63, 3.8) is 0 Å². The fraction of sp³-hybridized carbons (Fsp3) is 0.0833. The molecule has 5 aromatic rings. The summed E-state index contributed by atoms with van der Waals surface area (Å²) >= 11 is 0. The first-order chi connectivity index (χ1) is 15.2. The van der Waals surface area contributed by atoms with Crippen LogP contribution in [-0.4, -0.2) is 24.7 Å². The van der Waals surface area contributed by atoms with E-state index in [1.807, 2.05) is 73.7 Å². The monoisotopic (exact) mass is 408 g/mol. The van der Waals surface area contributed by atoms with Crippen molar-refractivity contribution in [1.82, 2.24) is 24.7 Å². The van der Waals surface area contributed by atoms with E-state index in [9.17, 15) is 4.79 Å². The average molecular weight is 408 g/mol. The summed E-state index contributed by atoms with van der Waals surface area (Å²) in [7, 11) is 0. The summed E-state index contributed by atoms with van der Waals surface area (Å²) in [5.41, 5.74) is 4.06. The summed E-state index contributed by atoms with van der Waals surface area (Å²) in [5, 5.41) is 8.17. The van der Waals surface area contributed by atoms with E-state index in [2.05, 4.69) is 26.4 Å². The molecule has 0 amide bonds. The third kappa shape index (κ3) is 3.69. The van der Waals surface area contributed by atoms with Crippen molar-refractivity contribution in [1.29, 1.82) is 0 Å². The van der Waals surface area contributed by atoms with Gasteiger partial charge in [-0.3, -0.25) is 14.8 Å². The molecule has 0 spiro atoms. The molecule has 5 rings (SSSR count). The number of para-hydroxylation sites is 1. The summed E-state index contributed by atoms with van der Waals surface area (Å²) in [6.07, 6.45) is 3.29. The Bertz CT molecular complexity index is 1390. The van der Waals surface area contributed by atoms with Gasteiger partial charge in [0.2, 0.25) is 5.95 Å². The van der Waals surface area contributed by atoms with Crippen molar-refractivity contribution in [3.05, 3.63) is 112 Å². The number of anilines is 1. The first-order valence-electron chi connectivity index (χ1n) is 9.96. The molecule has 2 N–H and O–H groups in total. The van der Waals surface area contributed by atoms with Crippen LogP contribution in [0.25, 0.3) is 16.7 Å². The molecule has 3 heterocycles. The summed E-state index contributed by atoms with van der Waals surface area (Å²) in [4.78, 5) is 24.8. The standard InChI is InChI=1S/C24H20N6O/c1-16-8-7-9-17(14-16)21(20-12-5-6-13-25-20)27-24-28-22-19(23(31)29-24)15-26-30(22)18-10-3-2-4-11-18/h2-15,21H,1H3,(H2,27,28,29,31). The third-order valence-corrected chi connectivity index (χ3v) is 5.08. The largest absolute Gasteiger partial charge is 0.343 e. The number of benzene rings is 2. The number of hydrogen-bond acceptors (Lipinski definition) is 5.